The van der Waals surface area contributed by atoms with Gasteiger partial charge in [-0.3, -0.25) is 9.59 Å². The van der Waals surface area contributed by atoms with Gasteiger partial charge in [0.15, 0.2) is 5.69 Å². The van der Waals surface area contributed by atoms with Gasteiger partial charge in [-0.25, -0.2) is 9.48 Å². The van der Waals surface area contributed by atoms with Crippen molar-refractivity contribution >= 4 is 39.0 Å². The quantitative estimate of drug-likeness (QED) is 0.432. The average molecular weight is 464 g/mol. The monoisotopic (exact) mass is 463 g/mol. The summed E-state index contributed by atoms with van der Waals surface area (Å²) in [7, 11) is 3.07. The van der Waals surface area contributed by atoms with Gasteiger partial charge in [0, 0.05) is 23.4 Å². The Morgan fingerprint density at radius 1 is 1.09 bits per heavy atom. The van der Waals surface area contributed by atoms with E-state index in [4.69, 9.17) is 9.47 Å². The zero-order chi connectivity index (χ0) is 23.5. The topological polar surface area (TPSA) is 99.5 Å². The molecule has 168 valence electrons. The number of ether oxygens (including phenoxy) is 2. The average Bonchev–Trinajstić information content (AvgIpc) is 3.25. The highest BCUT2D eigenvalue weighted by molar-refractivity contribution is 7.15. The van der Waals surface area contributed by atoms with Crippen molar-refractivity contribution in [2.45, 2.75) is 6.92 Å². The summed E-state index contributed by atoms with van der Waals surface area (Å²) in [6.07, 6.45) is 0. The zero-order valence-corrected chi connectivity index (χ0v) is 19.1. The second-order valence-corrected chi connectivity index (χ2v) is 7.96. The van der Waals surface area contributed by atoms with Crippen LogP contribution in [-0.2, 0) is 11.8 Å². The summed E-state index contributed by atoms with van der Waals surface area (Å²) >= 11 is 1.21. The van der Waals surface area contributed by atoms with E-state index in [1.165, 1.54) is 18.4 Å². The van der Waals surface area contributed by atoms with Crippen molar-refractivity contribution in [3.63, 3.8) is 0 Å². The smallest absolute Gasteiger partial charge is 0.341 e. The minimum atomic E-state index is -0.543. The summed E-state index contributed by atoms with van der Waals surface area (Å²) in [6, 6.07) is 14.0. The summed E-state index contributed by atoms with van der Waals surface area (Å²) in [5.74, 6) is -0.388. The molecular weight excluding hydrogens is 442 g/mol. The maximum atomic E-state index is 13.2. The number of thiophene rings is 1. The Hall–Kier alpha value is -3.98. The lowest BCUT2D eigenvalue weighted by Gasteiger charge is -2.10. The second kappa shape index (κ2) is 9.25. The van der Waals surface area contributed by atoms with Crippen LogP contribution >= 0.6 is 11.3 Å². The fourth-order valence-electron chi connectivity index (χ4n) is 3.47. The van der Waals surface area contributed by atoms with Crippen LogP contribution in [0.2, 0.25) is 0 Å². The van der Waals surface area contributed by atoms with E-state index in [-0.39, 0.29) is 23.4 Å². The maximum Gasteiger partial charge on any atom is 0.341 e. The number of hydrogen-bond donors (Lipinski definition) is 1. The van der Waals surface area contributed by atoms with Crippen molar-refractivity contribution in [2.24, 2.45) is 7.05 Å². The molecule has 1 N–H and O–H groups in total. The predicted molar refractivity (Wildman–Crippen MR) is 127 cm³/mol. The molecule has 2 aromatic heterocycles. The number of aryl methyl sites for hydroxylation is 1. The molecule has 4 rings (SSSR count). The predicted octanol–water partition coefficient (Wildman–Crippen LogP) is 4.10. The van der Waals surface area contributed by atoms with Crippen molar-refractivity contribution in [2.75, 3.05) is 19.0 Å². The van der Waals surface area contributed by atoms with Crippen LogP contribution in [0.4, 0.5) is 5.00 Å². The van der Waals surface area contributed by atoms with Gasteiger partial charge in [-0.2, -0.15) is 5.10 Å². The third kappa shape index (κ3) is 4.22. The van der Waals surface area contributed by atoms with Gasteiger partial charge in [-0.1, -0.05) is 30.3 Å². The van der Waals surface area contributed by atoms with Gasteiger partial charge in [0.2, 0.25) is 0 Å². The standard InChI is InChI=1S/C24H21N3O5S/c1-4-32-24(30)19-18(14-9-11-15(31-3)12-10-14)13-33-22(19)25-21(28)20-16-7-5-6-8-17(16)23(29)27(2)26-20/h5-13H,4H2,1-3H3,(H,25,28). The van der Waals surface area contributed by atoms with Crippen molar-refractivity contribution in [1.29, 1.82) is 0 Å². The number of nitrogens with one attached hydrogen (secondary N) is 1. The minimum absolute atomic E-state index is 0.0851. The first-order chi connectivity index (χ1) is 15.9. The lowest BCUT2D eigenvalue weighted by atomic mass is 10.0. The summed E-state index contributed by atoms with van der Waals surface area (Å²) in [5, 5.41) is 9.90. The SMILES string of the molecule is CCOC(=O)c1c(-c2ccc(OC)cc2)csc1NC(=O)c1nn(C)c(=O)c2ccccc12. The number of fused-ring (bicyclic) bond motifs is 1. The molecule has 0 saturated heterocycles. The first-order valence-corrected chi connectivity index (χ1v) is 11.0. The molecule has 0 unspecified atom stereocenters. The molecule has 1 amide bonds. The van der Waals surface area contributed by atoms with Crippen LogP contribution in [0.5, 0.6) is 5.75 Å². The molecule has 0 spiro atoms. The molecule has 9 heteroatoms. The summed E-state index contributed by atoms with van der Waals surface area (Å²) < 4.78 is 11.6. The molecule has 0 aliphatic rings. The van der Waals surface area contributed by atoms with Gasteiger partial charge in [0.1, 0.15) is 16.3 Å². The fourth-order valence-corrected chi connectivity index (χ4v) is 4.42. The second-order valence-electron chi connectivity index (χ2n) is 7.08. The van der Waals surface area contributed by atoms with Crippen LogP contribution in [0.15, 0.2) is 58.7 Å². The number of methoxy groups -OCH3 is 1. The third-order valence-electron chi connectivity index (χ3n) is 5.07. The highest BCUT2D eigenvalue weighted by Crippen LogP contribution is 2.37. The van der Waals surface area contributed by atoms with E-state index >= 15 is 0 Å². The molecule has 2 aromatic carbocycles. The highest BCUT2D eigenvalue weighted by atomic mass is 32.1. The molecule has 0 bridgehead atoms. The molecule has 0 aliphatic carbocycles. The number of carbonyl (C=O) groups is 2. The Morgan fingerprint density at radius 3 is 2.45 bits per heavy atom. The molecule has 0 fully saturated rings. The Morgan fingerprint density at radius 2 is 1.79 bits per heavy atom. The van der Waals surface area contributed by atoms with Gasteiger partial charge < -0.3 is 14.8 Å². The first-order valence-electron chi connectivity index (χ1n) is 10.1. The number of carbonyl (C=O) groups excluding carboxylic acids is 2. The Balaban J connectivity index is 1.77. The van der Waals surface area contributed by atoms with Gasteiger partial charge >= 0.3 is 5.97 Å². The van der Waals surface area contributed by atoms with Crippen LogP contribution in [0.25, 0.3) is 21.9 Å². The molecule has 0 saturated carbocycles. The molecule has 0 radical (unpaired) electrons. The van der Waals surface area contributed by atoms with Gasteiger partial charge in [-0.15, -0.1) is 11.3 Å². The van der Waals surface area contributed by atoms with Crippen LogP contribution in [-0.4, -0.2) is 35.4 Å². The minimum Gasteiger partial charge on any atom is -0.497 e. The summed E-state index contributed by atoms with van der Waals surface area (Å²) in [6.45, 7) is 1.91. The Bertz CT molecular complexity index is 1410. The molecule has 8 nitrogen and oxygen atoms in total. The maximum absolute atomic E-state index is 13.2. The van der Waals surface area contributed by atoms with Crippen LogP contribution in [0.1, 0.15) is 27.8 Å². The number of aromatic nitrogens is 2. The lowest BCUT2D eigenvalue weighted by Crippen LogP contribution is -2.25. The number of rotatable bonds is 6. The summed E-state index contributed by atoms with van der Waals surface area (Å²) in [4.78, 5) is 38.4. The molecule has 0 aliphatic heterocycles. The number of nitrogens with zero attached hydrogens (tertiary/aromatic N) is 2. The molecule has 4 aromatic rings. The van der Waals surface area contributed by atoms with E-state index in [0.717, 1.165) is 10.2 Å². The fraction of sp³-hybridized carbons (Fsp3) is 0.167. The molecule has 33 heavy (non-hydrogen) atoms. The lowest BCUT2D eigenvalue weighted by molar-refractivity contribution is 0.0529. The van der Waals surface area contributed by atoms with Crippen molar-refractivity contribution in [3.05, 3.63) is 75.5 Å². The number of hydrogen-bond acceptors (Lipinski definition) is 7. The Kier molecular flexibility index (Phi) is 6.23. The van der Waals surface area contributed by atoms with E-state index in [1.54, 1.807) is 55.8 Å². The van der Waals surface area contributed by atoms with Gasteiger partial charge in [0.25, 0.3) is 11.5 Å². The van der Waals surface area contributed by atoms with Crippen molar-refractivity contribution < 1.29 is 19.1 Å². The van der Waals surface area contributed by atoms with Gasteiger partial charge in [0.05, 0.1) is 19.1 Å². The van der Waals surface area contributed by atoms with E-state index < -0.39 is 11.9 Å². The number of anilines is 1. The first kappa shape index (κ1) is 22.2. The normalized spacial score (nSPS) is 10.8. The van der Waals surface area contributed by atoms with Crippen molar-refractivity contribution in [3.8, 4) is 16.9 Å². The van der Waals surface area contributed by atoms with E-state index in [9.17, 15) is 14.4 Å². The molecule has 2 heterocycles. The van der Waals surface area contributed by atoms with Gasteiger partial charge in [-0.05, 0) is 30.7 Å². The van der Waals surface area contributed by atoms with Crippen LogP contribution in [0, 0.1) is 0 Å². The van der Waals surface area contributed by atoms with E-state index in [0.29, 0.717) is 27.1 Å². The van der Waals surface area contributed by atoms with E-state index in [1.807, 2.05) is 12.1 Å². The number of amides is 1. The molecule has 0 atom stereocenters. The van der Waals surface area contributed by atoms with E-state index in [2.05, 4.69) is 10.4 Å². The zero-order valence-electron chi connectivity index (χ0n) is 18.2. The Labute approximate surface area is 193 Å². The third-order valence-corrected chi connectivity index (χ3v) is 5.97. The largest absolute Gasteiger partial charge is 0.497 e. The number of benzene rings is 2. The molecular formula is C24H21N3O5S. The highest BCUT2D eigenvalue weighted by Gasteiger charge is 2.24. The van der Waals surface area contributed by atoms with Crippen LogP contribution < -0.4 is 15.6 Å². The van der Waals surface area contributed by atoms with Crippen LogP contribution in [0.3, 0.4) is 0 Å². The number of esters is 1. The summed E-state index contributed by atoms with van der Waals surface area (Å²) in [5.41, 5.74) is 1.46. The van der Waals surface area contributed by atoms with Crippen molar-refractivity contribution in [1.82, 2.24) is 9.78 Å².